The molecule has 1 fully saturated rings. The maximum atomic E-state index is 10.3. The van der Waals surface area contributed by atoms with Crippen molar-refractivity contribution in [1.29, 1.82) is 0 Å². The maximum Gasteiger partial charge on any atom is 0.0784 e. The first kappa shape index (κ1) is 12.0. The lowest BCUT2D eigenvalue weighted by Gasteiger charge is -2.38. The summed E-state index contributed by atoms with van der Waals surface area (Å²) in [4.78, 5) is 0. The number of nitrogens with one attached hydrogen (secondary N) is 2. The van der Waals surface area contributed by atoms with Crippen LogP contribution in [0.5, 0.6) is 0 Å². The fourth-order valence-corrected chi connectivity index (χ4v) is 2.13. The van der Waals surface area contributed by atoms with E-state index in [1.54, 1.807) is 0 Å². The van der Waals surface area contributed by atoms with E-state index in [2.05, 4.69) is 17.6 Å². The Kier molecular flexibility index (Phi) is 4.35. The second-order valence-electron chi connectivity index (χ2n) is 4.85. The van der Waals surface area contributed by atoms with Gasteiger partial charge in [-0.2, -0.15) is 0 Å². The molecule has 0 radical (unpaired) electrons. The molecule has 1 heterocycles. The topological polar surface area (TPSA) is 44.3 Å². The zero-order valence-corrected chi connectivity index (χ0v) is 9.64. The normalized spacial score (nSPS) is 32.6. The number of rotatable bonds is 4. The van der Waals surface area contributed by atoms with Crippen LogP contribution in [0.25, 0.3) is 0 Å². The average Bonchev–Trinajstić information content (AvgIpc) is 2.15. The van der Waals surface area contributed by atoms with Crippen molar-refractivity contribution in [2.24, 2.45) is 5.92 Å². The van der Waals surface area contributed by atoms with Crippen LogP contribution in [0.3, 0.4) is 0 Å². The Labute approximate surface area is 87.3 Å². The SMILES string of the molecule is CNCCC(C)(O)C1CC(C)CCN1. The highest BCUT2D eigenvalue weighted by atomic mass is 16.3. The Bertz CT molecular complexity index is 171. The van der Waals surface area contributed by atoms with Crippen molar-refractivity contribution in [2.75, 3.05) is 20.1 Å². The Morgan fingerprint density at radius 1 is 1.57 bits per heavy atom. The zero-order valence-electron chi connectivity index (χ0n) is 9.64. The second kappa shape index (κ2) is 5.10. The van der Waals surface area contributed by atoms with Crippen LogP contribution in [-0.4, -0.2) is 36.9 Å². The van der Waals surface area contributed by atoms with Gasteiger partial charge in [0.1, 0.15) is 0 Å². The molecule has 1 saturated heterocycles. The monoisotopic (exact) mass is 200 g/mol. The summed E-state index contributed by atoms with van der Waals surface area (Å²) < 4.78 is 0. The zero-order chi connectivity index (χ0) is 10.6. The molecule has 0 aromatic carbocycles. The molecule has 0 aliphatic carbocycles. The molecule has 3 atom stereocenters. The van der Waals surface area contributed by atoms with Gasteiger partial charge < -0.3 is 15.7 Å². The van der Waals surface area contributed by atoms with Gasteiger partial charge in [0.15, 0.2) is 0 Å². The van der Waals surface area contributed by atoms with Crippen molar-refractivity contribution in [2.45, 2.75) is 44.8 Å². The molecular weight excluding hydrogens is 176 g/mol. The Morgan fingerprint density at radius 3 is 2.86 bits per heavy atom. The standard InChI is InChI=1S/C11H24N2O/c1-9-4-6-13-10(8-9)11(2,14)5-7-12-3/h9-10,12-14H,4-8H2,1-3H3. The van der Waals surface area contributed by atoms with Crippen molar-refractivity contribution in [3.8, 4) is 0 Å². The summed E-state index contributed by atoms with van der Waals surface area (Å²) >= 11 is 0. The molecule has 1 rings (SSSR count). The molecule has 3 nitrogen and oxygen atoms in total. The third kappa shape index (κ3) is 3.23. The third-order valence-electron chi connectivity index (χ3n) is 3.30. The van der Waals surface area contributed by atoms with Gasteiger partial charge in [-0.15, -0.1) is 0 Å². The number of hydrogen-bond donors (Lipinski definition) is 3. The van der Waals surface area contributed by atoms with Gasteiger partial charge in [0, 0.05) is 6.04 Å². The third-order valence-corrected chi connectivity index (χ3v) is 3.30. The molecule has 14 heavy (non-hydrogen) atoms. The smallest absolute Gasteiger partial charge is 0.0784 e. The first-order valence-electron chi connectivity index (χ1n) is 5.66. The molecule has 0 bridgehead atoms. The average molecular weight is 200 g/mol. The maximum absolute atomic E-state index is 10.3. The summed E-state index contributed by atoms with van der Waals surface area (Å²) in [6.07, 6.45) is 3.14. The van der Waals surface area contributed by atoms with E-state index in [0.29, 0.717) is 0 Å². The lowest BCUT2D eigenvalue weighted by molar-refractivity contribution is -0.00347. The minimum absolute atomic E-state index is 0.264. The summed E-state index contributed by atoms with van der Waals surface area (Å²) in [7, 11) is 1.92. The van der Waals surface area contributed by atoms with Gasteiger partial charge in [-0.25, -0.2) is 0 Å². The molecule has 3 heteroatoms. The van der Waals surface area contributed by atoms with Gasteiger partial charge in [0.2, 0.25) is 0 Å². The Balaban J connectivity index is 2.43. The molecule has 1 aliphatic heterocycles. The molecular formula is C11H24N2O. The van der Waals surface area contributed by atoms with Crippen molar-refractivity contribution >= 4 is 0 Å². The first-order chi connectivity index (χ1) is 6.56. The van der Waals surface area contributed by atoms with Gasteiger partial charge in [0.05, 0.1) is 5.60 Å². The van der Waals surface area contributed by atoms with Gasteiger partial charge in [-0.05, 0) is 52.2 Å². The van der Waals surface area contributed by atoms with E-state index in [0.717, 1.165) is 31.8 Å². The van der Waals surface area contributed by atoms with Crippen molar-refractivity contribution in [3.05, 3.63) is 0 Å². The molecule has 84 valence electrons. The van der Waals surface area contributed by atoms with Crippen molar-refractivity contribution in [3.63, 3.8) is 0 Å². The molecule has 3 unspecified atom stereocenters. The minimum atomic E-state index is -0.572. The Morgan fingerprint density at radius 2 is 2.29 bits per heavy atom. The summed E-state index contributed by atoms with van der Waals surface area (Å²) in [5, 5.41) is 16.8. The first-order valence-corrected chi connectivity index (χ1v) is 5.66. The van der Waals surface area contributed by atoms with Gasteiger partial charge in [-0.3, -0.25) is 0 Å². The highest BCUT2D eigenvalue weighted by Crippen LogP contribution is 2.25. The van der Waals surface area contributed by atoms with Crippen molar-refractivity contribution in [1.82, 2.24) is 10.6 Å². The molecule has 0 amide bonds. The molecule has 0 aromatic rings. The largest absolute Gasteiger partial charge is 0.389 e. The number of piperidine rings is 1. The lowest BCUT2D eigenvalue weighted by atomic mass is 9.83. The van der Waals surface area contributed by atoms with E-state index < -0.39 is 5.60 Å². The van der Waals surface area contributed by atoms with E-state index in [9.17, 15) is 5.11 Å². The fourth-order valence-electron chi connectivity index (χ4n) is 2.13. The molecule has 0 spiro atoms. The second-order valence-corrected chi connectivity index (χ2v) is 4.85. The summed E-state index contributed by atoms with van der Waals surface area (Å²) in [5.74, 6) is 0.738. The predicted molar refractivity (Wildman–Crippen MR) is 59.4 cm³/mol. The van der Waals surface area contributed by atoms with Crippen LogP contribution in [0.1, 0.15) is 33.1 Å². The van der Waals surface area contributed by atoms with Crippen molar-refractivity contribution < 1.29 is 5.11 Å². The molecule has 1 aliphatic rings. The Hall–Kier alpha value is -0.120. The van der Waals surface area contributed by atoms with Gasteiger partial charge in [0.25, 0.3) is 0 Å². The van der Waals surface area contributed by atoms with Crippen LogP contribution in [0.4, 0.5) is 0 Å². The summed E-state index contributed by atoms with van der Waals surface area (Å²) in [5.41, 5.74) is -0.572. The van der Waals surface area contributed by atoms with Crippen LogP contribution < -0.4 is 10.6 Å². The van der Waals surface area contributed by atoms with Gasteiger partial charge >= 0.3 is 0 Å². The minimum Gasteiger partial charge on any atom is -0.389 e. The predicted octanol–water partition coefficient (Wildman–Crippen LogP) is 0.735. The van der Waals surface area contributed by atoms with E-state index in [1.165, 1.54) is 6.42 Å². The quantitative estimate of drug-likeness (QED) is 0.627. The summed E-state index contributed by atoms with van der Waals surface area (Å²) in [6.45, 7) is 6.13. The molecule has 0 aromatic heterocycles. The van der Waals surface area contributed by atoms with Crippen LogP contribution in [0, 0.1) is 5.92 Å². The molecule has 0 saturated carbocycles. The highest BCUT2D eigenvalue weighted by Gasteiger charge is 2.33. The van der Waals surface area contributed by atoms with E-state index >= 15 is 0 Å². The van der Waals surface area contributed by atoms with Gasteiger partial charge in [-0.1, -0.05) is 6.92 Å². The number of aliphatic hydroxyl groups is 1. The van der Waals surface area contributed by atoms with Crippen LogP contribution in [-0.2, 0) is 0 Å². The van der Waals surface area contributed by atoms with Crippen LogP contribution >= 0.6 is 0 Å². The van der Waals surface area contributed by atoms with Crippen LogP contribution in [0.2, 0.25) is 0 Å². The number of hydrogen-bond acceptors (Lipinski definition) is 3. The van der Waals surface area contributed by atoms with Crippen LogP contribution in [0.15, 0.2) is 0 Å². The highest BCUT2D eigenvalue weighted by molar-refractivity contribution is 4.91. The fraction of sp³-hybridized carbons (Fsp3) is 1.00. The lowest BCUT2D eigenvalue weighted by Crippen LogP contribution is -2.53. The molecule has 3 N–H and O–H groups in total. The van der Waals surface area contributed by atoms with E-state index in [1.807, 2.05) is 14.0 Å². The van der Waals surface area contributed by atoms with E-state index in [4.69, 9.17) is 0 Å². The van der Waals surface area contributed by atoms with E-state index in [-0.39, 0.29) is 6.04 Å². The summed E-state index contributed by atoms with van der Waals surface area (Å²) in [6, 6.07) is 0.264.